The van der Waals surface area contributed by atoms with Crippen molar-refractivity contribution in [2.45, 2.75) is 103 Å². The number of aromatic nitrogens is 4. The third-order valence-corrected chi connectivity index (χ3v) is 16.5. The normalized spacial score (nSPS) is 15.6. The van der Waals surface area contributed by atoms with Crippen LogP contribution in [0, 0.1) is 11.8 Å². The smallest absolute Gasteiger partial charge is 0.329 e. The number of amides is 3. The summed E-state index contributed by atoms with van der Waals surface area (Å²) in [7, 11) is 6.33. The van der Waals surface area contributed by atoms with Gasteiger partial charge in [0.2, 0.25) is 17.7 Å². The lowest BCUT2D eigenvalue weighted by atomic mass is 9.93. The van der Waals surface area contributed by atoms with Gasteiger partial charge in [-0.2, -0.15) is 0 Å². The summed E-state index contributed by atoms with van der Waals surface area (Å²) in [6, 6.07) is 49.6. The zero-order valence-corrected chi connectivity index (χ0v) is 52.8. The molecule has 0 radical (unpaired) electrons. The zero-order chi connectivity index (χ0) is 63.1. The van der Waals surface area contributed by atoms with E-state index in [0.29, 0.717) is 19.4 Å². The van der Waals surface area contributed by atoms with Gasteiger partial charge in [-0.15, -0.1) is 0 Å². The van der Waals surface area contributed by atoms with E-state index in [1.54, 1.807) is 14.2 Å². The van der Waals surface area contributed by atoms with Gasteiger partial charge in [0.15, 0.2) is 0 Å². The number of aliphatic carboxylic acids is 1. The Kier molecular flexibility index (Phi) is 25.4. The van der Waals surface area contributed by atoms with Crippen molar-refractivity contribution in [3.63, 3.8) is 0 Å². The van der Waals surface area contributed by atoms with Crippen molar-refractivity contribution in [2.75, 3.05) is 92.1 Å². The lowest BCUT2D eigenvalue weighted by molar-refractivity contribution is -0.141. The number of hydrogen-bond donors (Lipinski definition) is 3. The molecule has 2 saturated heterocycles. The molecule has 17 nitrogen and oxygen atoms in total. The first-order valence-corrected chi connectivity index (χ1v) is 31.3. The average molecular weight is 1210 g/mol. The molecule has 0 spiro atoms. The molecular formula is C72H90N8O9. The predicted octanol–water partition coefficient (Wildman–Crippen LogP) is 12.3. The van der Waals surface area contributed by atoms with Crippen LogP contribution in [0.2, 0.25) is 0 Å². The van der Waals surface area contributed by atoms with Gasteiger partial charge in [0.25, 0.3) is 0 Å². The summed E-state index contributed by atoms with van der Waals surface area (Å²) < 4.78 is 24.4. The number of likely N-dealkylation sites (tertiary alicyclic amines) is 2. The fourth-order valence-electron chi connectivity index (χ4n) is 12.2. The molecule has 10 rings (SSSR count). The molecule has 4 atom stereocenters. The number of nitrogens with two attached hydrogens (primary N) is 1. The molecule has 472 valence electrons. The minimum absolute atomic E-state index is 0.0330. The number of imidazole rings is 2. The van der Waals surface area contributed by atoms with Gasteiger partial charge in [0.05, 0.1) is 22.1 Å². The van der Waals surface area contributed by atoms with Crippen LogP contribution in [-0.4, -0.2) is 139 Å². The van der Waals surface area contributed by atoms with Gasteiger partial charge in [0.1, 0.15) is 24.9 Å². The molecule has 3 amide bonds. The SMILES string of the molecule is COCC(=O)O.COCCCn1c([C@@H]2CCCN(C(=O)C[C@H](C)Cc3ccc(-c4ccc(N)cc4)cc3)C2)nc2ccccc21.COCCCn1c([C@@H]2CCCN(C(=O)C[C@H](C)Cc3ccc(-c4ccc(NC(=O)COC)cc4)cc3)C2)nc2ccccc21. The fraction of sp³-hybridized carbons (Fsp3) is 0.417. The van der Waals surface area contributed by atoms with E-state index in [4.69, 9.17) is 35.0 Å². The quantitative estimate of drug-likeness (QED) is 0.0361. The molecule has 17 heteroatoms. The van der Waals surface area contributed by atoms with Gasteiger partial charge in [-0.1, -0.05) is 111 Å². The first-order chi connectivity index (χ1) is 43.2. The van der Waals surface area contributed by atoms with Gasteiger partial charge in [-0.05, 0) is 145 Å². The highest BCUT2D eigenvalue weighted by atomic mass is 16.5. The molecule has 6 aromatic carbocycles. The number of para-hydroxylation sites is 4. The van der Waals surface area contributed by atoms with Crippen molar-refractivity contribution in [1.29, 1.82) is 0 Å². The number of carboxylic acid groups (broad SMARTS) is 1. The number of ether oxygens (including phenoxy) is 4. The Morgan fingerprint density at radius 3 is 1.35 bits per heavy atom. The molecule has 4 N–H and O–H groups in total. The maximum absolute atomic E-state index is 13.5. The van der Waals surface area contributed by atoms with Gasteiger partial charge in [-0.25, -0.2) is 14.8 Å². The Labute approximate surface area is 524 Å². The number of hydrogen-bond acceptors (Lipinski definition) is 11. The van der Waals surface area contributed by atoms with Crippen molar-refractivity contribution >= 4 is 57.1 Å². The number of piperidine rings is 2. The number of carbonyl (C=O) groups excluding carboxylic acids is 3. The third kappa shape index (κ3) is 19.4. The highest BCUT2D eigenvalue weighted by Gasteiger charge is 2.31. The third-order valence-electron chi connectivity index (χ3n) is 16.5. The summed E-state index contributed by atoms with van der Waals surface area (Å²) in [6.07, 6.45) is 8.83. The van der Waals surface area contributed by atoms with Crippen LogP contribution in [0.4, 0.5) is 11.4 Å². The number of methoxy groups -OCH3 is 4. The topological polar surface area (TPSA) is 206 Å². The molecule has 0 saturated carbocycles. The van der Waals surface area contributed by atoms with Crippen molar-refractivity contribution < 1.29 is 43.2 Å². The number of nitrogens with zero attached hydrogens (tertiary/aromatic N) is 6. The van der Waals surface area contributed by atoms with Crippen molar-refractivity contribution in [2.24, 2.45) is 11.8 Å². The zero-order valence-electron chi connectivity index (χ0n) is 52.8. The van der Waals surface area contributed by atoms with Crippen molar-refractivity contribution in [3.8, 4) is 22.3 Å². The van der Waals surface area contributed by atoms with Gasteiger partial charge < -0.3 is 54.0 Å². The van der Waals surface area contributed by atoms with Crippen LogP contribution in [0.5, 0.6) is 0 Å². The molecule has 0 bridgehead atoms. The second-order valence-electron chi connectivity index (χ2n) is 23.7. The van der Waals surface area contributed by atoms with Gasteiger partial charge in [-0.3, -0.25) is 14.4 Å². The number of rotatable bonds is 25. The van der Waals surface area contributed by atoms with Crippen LogP contribution in [-0.2, 0) is 64.1 Å². The van der Waals surface area contributed by atoms with E-state index in [1.165, 1.54) is 36.4 Å². The average Bonchev–Trinajstić information content (AvgIpc) is 2.37. The number of nitrogen functional groups attached to an aromatic ring is 1. The van der Waals surface area contributed by atoms with E-state index >= 15 is 0 Å². The van der Waals surface area contributed by atoms with E-state index in [1.807, 2.05) is 60.7 Å². The minimum Gasteiger partial charge on any atom is -0.480 e. The first kappa shape index (κ1) is 66.7. The maximum atomic E-state index is 13.5. The first-order valence-electron chi connectivity index (χ1n) is 31.3. The van der Waals surface area contributed by atoms with Crippen LogP contribution >= 0.6 is 0 Å². The largest absolute Gasteiger partial charge is 0.480 e. The Morgan fingerprint density at radius 2 is 0.955 bits per heavy atom. The summed E-state index contributed by atoms with van der Waals surface area (Å²) >= 11 is 0. The molecule has 4 heterocycles. The standard InChI is InChI=1S/C36H44N4O4.C33H40N4O2.C3H6O3/c1-26(22-27-11-13-28(14-12-27)29-15-17-31(18-16-29)37-34(41)25-44-3)23-35(42)39-19-6-8-30(24-39)36-38-32-9-4-5-10-33(32)40(36)20-7-21-43-2;1-24(21-25-10-12-26(13-11-25)27-14-16-29(34)17-15-27)22-32(38)36-18-5-7-28(23-36)33-35-30-8-3-4-9-31(30)37(33)19-6-20-39-2;1-6-2-3(4)5/h4-5,9-18,26,30H,6-8,19-25H2,1-3H3,(H,37,41);3-4,8-17,24,28H,5-7,18-23,34H2,1-2H3;2H2,1H3,(H,4,5)/t26-,30-;24-,28-;/m11./s1. The van der Waals surface area contributed by atoms with E-state index < -0.39 is 5.97 Å². The van der Waals surface area contributed by atoms with E-state index in [-0.39, 0.29) is 54.6 Å². The van der Waals surface area contributed by atoms with Crippen LogP contribution in [0.1, 0.15) is 99.8 Å². The highest BCUT2D eigenvalue weighted by molar-refractivity contribution is 5.92. The van der Waals surface area contributed by atoms with Crippen molar-refractivity contribution in [1.82, 2.24) is 28.9 Å². The van der Waals surface area contributed by atoms with E-state index in [2.05, 4.69) is 128 Å². The van der Waals surface area contributed by atoms with Crippen LogP contribution < -0.4 is 11.1 Å². The molecule has 0 unspecified atom stereocenters. The summed E-state index contributed by atoms with van der Waals surface area (Å²) in [6.45, 7) is 10.5. The molecule has 8 aromatic rings. The Morgan fingerprint density at radius 1 is 0.551 bits per heavy atom. The van der Waals surface area contributed by atoms with E-state index in [9.17, 15) is 19.2 Å². The number of anilines is 2. The van der Waals surface area contributed by atoms with Crippen LogP contribution in [0.3, 0.4) is 0 Å². The number of nitrogens with one attached hydrogen (secondary N) is 1. The van der Waals surface area contributed by atoms with E-state index in [0.717, 1.165) is 154 Å². The fourth-order valence-corrected chi connectivity index (χ4v) is 12.2. The lowest BCUT2D eigenvalue weighted by Gasteiger charge is -2.33. The molecular weight excluding hydrogens is 1120 g/mol. The Bertz CT molecular complexity index is 3510. The number of carboxylic acids is 1. The summed E-state index contributed by atoms with van der Waals surface area (Å²) in [5.74, 6) is 2.60. The predicted molar refractivity (Wildman–Crippen MR) is 353 cm³/mol. The number of benzene rings is 6. The summed E-state index contributed by atoms with van der Waals surface area (Å²) in [5.41, 5.74) is 18.7. The minimum atomic E-state index is -0.933. The monoisotopic (exact) mass is 1210 g/mol. The Balaban J connectivity index is 0.000000212. The second-order valence-corrected chi connectivity index (χ2v) is 23.7. The Hall–Kier alpha value is -8.22. The lowest BCUT2D eigenvalue weighted by Crippen LogP contribution is -2.40. The second kappa shape index (κ2) is 33.9. The summed E-state index contributed by atoms with van der Waals surface area (Å²) in [4.78, 5) is 62.3. The molecule has 2 aliphatic rings. The molecule has 2 aromatic heterocycles. The molecule has 2 aliphatic heterocycles. The van der Waals surface area contributed by atoms with Gasteiger partial charge >= 0.3 is 5.97 Å². The number of carbonyl (C=O) groups is 4. The molecule has 2 fully saturated rings. The molecule has 0 aliphatic carbocycles. The van der Waals surface area contributed by atoms with Gasteiger partial charge in [0, 0.05) is 117 Å². The maximum Gasteiger partial charge on any atom is 0.329 e. The van der Waals surface area contributed by atoms with Crippen molar-refractivity contribution in [3.05, 3.63) is 168 Å². The summed E-state index contributed by atoms with van der Waals surface area (Å²) in [5, 5.41) is 10.6. The van der Waals surface area contributed by atoms with Crippen LogP contribution in [0.15, 0.2) is 146 Å². The highest BCUT2D eigenvalue weighted by Crippen LogP contribution is 2.33. The number of fused-ring (bicyclic) bond motifs is 2. The molecule has 89 heavy (non-hydrogen) atoms. The van der Waals surface area contributed by atoms with Crippen LogP contribution in [0.25, 0.3) is 44.3 Å². The number of aryl methyl sites for hydroxylation is 2.